The first-order valence-corrected chi connectivity index (χ1v) is 6.66. The van der Waals surface area contributed by atoms with Crippen molar-refractivity contribution in [2.45, 2.75) is 24.5 Å². The summed E-state index contributed by atoms with van der Waals surface area (Å²) in [6.45, 7) is -0.474. The van der Waals surface area contributed by atoms with E-state index in [0.717, 1.165) is 15.9 Å². The van der Waals surface area contributed by atoms with Crippen LogP contribution in [0.3, 0.4) is 0 Å². The molecule has 10 heteroatoms. The van der Waals surface area contributed by atoms with Crippen LogP contribution >= 0.6 is 11.3 Å². The van der Waals surface area contributed by atoms with Gasteiger partial charge in [0.15, 0.2) is 12.0 Å². The Labute approximate surface area is 115 Å². The number of nitrogens with two attached hydrogens (primary N) is 1. The van der Waals surface area contributed by atoms with Crippen LogP contribution in [-0.2, 0) is 4.74 Å². The van der Waals surface area contributed by atoms with Crippen LogP contribution in [0.5, 0.6) is 0 Å². The van der Waals surface area contributed by atoms with Gasteiger partial charge >= 0.3 is 5.69 Å². The van der Waals surface area contributed by atoms with E-state index in [1.165, 1.54) is 5.51 Å². The molecule has 20 heavy (non-hydrogen) atoms. The molecule has 0 aliphatic carbocycles. The lowest BCUT2D eigenvalue weighted by Crippen LogP contribution is -2.36. The van der Waals surface area contributed by atoms with Crippen LogP contribution in [0, 0.1) is 0 Å². The molecule has 4 atom stereocenters. The molecule has 1 saturated heterocycles. The number of hydrogen-bond donors (Lipinski definition) is 4. The molecule has 0 amide bonds. The van der Waals surface area contributed by atoms with Gasteiger partial charge in [-0.05, 0) is 0 Å². The van der Waals surface area contributed by atoms with Gasteiger partial charge in [0.25, 0.3) is 0 Å². The maximum Gasteiger partial charge on any atom is 0.352 e. The third-order valence-electron chi connectivity index (χ3n) is 3.20. The highest BCUT2D eigenvalue weighted by Crippen LogP contribution is 2.32. The van der Waals surface area contributed by atoms with E-state index in [1.807, 2.05) is 0 Å². The van der Waals surface area contributed by atoms with Gasteiger partial charge < -0.3 is 25.8 Å². The lowest BCUT2D eigenvalue weighted by atomic mass is 10.1. The van der Waals surface area contributed by atoms with E-state index in [9.17, 15) is 15.0 Å². The van der Waals surface area contributed by atoms with Crippen molar-refractivity contribution >= 4 is 27.5 Å². The highest BCUT2D eigenvalue weighted by molar-refractivity contribution is 7.16. The maximum atomic E-state index is 12.0. The Morgan fingerprint density at radius 2 is 2.20 bits per heavy atom. The molecule has 2 aromatic heterocycles. The van der Waals surface area contributed by atoms with E-state index in [1.54, 1.807) is 0 Å². The van der Waals surface area contributed by atoms with Crippen LogP contribution < -0.4 is 11.4 Å². The topological polar surface area (TPSA) is 144 Å². The van der Waals surface area contributed by atoms with E-state index < -0.39 is 36.8 Å². The third kappa shape index (κ3) is 1.81. The number of nitrogen functional groups attached to an aromatic ring is 1. The fourth-order valence-electron chi connectivity index (χ4n) is 2.20. The van der Waals surface area contributed by atoms with Gasteiger partial charge in [0.05, 0.1) is 12.1 Å². The van der Waals surface area contributed by atoms with Crippen LogP contribution in [0.15, 0.2) is 10.3 Å². The van der Waals surface area contributed by atoms with Gasteiger partial charge in [0.2, 0.25) is 0 Å². The first-order chi connectivity index (χ1) is 9.54. The van der Waals surface area contributed by atoms with Crippen LogP contribution in [0.25, 0.3) is 10.3 Å². The summed E-state index contributed by atoms with van der Waals surface area (Å²) in [4.78, 5) is 20.0. The monoisotopic (exact) mass is 300 g/mol. The summed E-state index contributed by atoms with van der Waals surface area (Å²) in [5.41, 5.74) is 6.71. The Balaban J connectivity index is 2.16. The fraction of sp³-hybridized carbons (Fsp3) is 0.500. The minimum atomic E-state index is -1.36. The Morgan fingerprint density at radius 3 is 2.85 bits per heavy atom. The number of hydrogen-bond acceptors (Lipinski definition) is 9. The summed E-state index contributed by atoms with van der Waals surface area (Å²) < 4.78 is 6.42. The summed E-state index contributed by atoms with van der Waals surface area (Å²) in [6, 6.07) is 0. The maximum absolute atomic E-state index is 12.0. The minimum Gasteiger partial charge on any atom is -0.394 e. The number of anilines is 1. The summed E-state index contributed by atoms with van der Waals surface area (Å²) in [7, 11) is 0. The van der Waals surface area contributed by atoms with Gasteiger partial charge in [-0.25, -0.2) is 9.78 Å². The standard InChI is InChI=1S/C10H12N4O5S/c11-7-4-9(20-2-12-4)14(10(18)13-7)8-6(17)5(16)3(1-15)19-8/h2-3,5-6,8,15-17H,1H2,(H2,11,13,18). The van der Waals surface area contributed by atoms with Gasteiger partial charge in [-0.1, -0.05) is 0 Å². The molecule has 108 valence electrons. The van der Waals surface area contributed by atoms with Crippen LogP contribution in [0.1, 0.15) is 6.23 Å². The molecule has 1 aliphatic rings. The van der Waals surface area contributed by atoms with E-state index in [4.69, 9.17) is 15.6 Å². The smallest absolute Gasteiger partial charge is 0.352 e. The number of nitrogens with zero attached hydrogens (tertiary/aromatic N) is 3. The van der Waals surface area contributed by atoms with E-state index >= 15 is 0 Å². The molecular weight excluding hydrogens is 288 g/mol. The number of fused-ring (bicyclic) bond motifs is 1. The first-order valence-electron chi connectivity index (χ1n) is 5.78. The molecule has 0 saturated carbocycles. The van der Waals surface area contributed by atoms with Crippen LogP contribution in [0.2, 0.25) is 0 Å². The zero-order valence-electron chi connectivity index (χ0n) is 10.1. The Bertz CT molecular complexity index is 701. The second-order valence-corrected chi connectivity index (χ2v) is 5.22. The van der Waals surface area contributed by atoms with Gasteiger partial charge in [-0.3, -0.25) is 4.57 Å². The molecule has 0 spiro atoms. The number of thiazole rings is 1. The van der Waals surface area contributed by atoms with Crippen LogP contribution in [-0.4, -0.2) is 54.8 Å². The lowest BCUT2D eigenvalue weighted by molar-refractivity contribution is -0.0525. The van der Waals surface area contributed by atoms with Crippen molar-refractivity contribution in [3.8, 4) is 0 Å². The normalized spacial score (nSPS) is 30.1. The van der Waals surface area contributed by atoms with E-state index in [0.29, 0.717) is 10.3 Å². The fourth-order valence-corrected chi connectivity index (χ4v) is 3.02. The molecule has 5 N–H and O–H groups in total. The van der Waals surface area contributed by atoms with Gasteiger partial charge in [-0.2, -0.15) is 4.98 Å². The average molecular weight is 300 g/mol. The minimum absolute atomic E-state index is 0.00533. The Kier molecular flexibility index (Phi) is 3.18. The molecule has 1 fully saturated rings. The van der Waals surface area contributed by atoms with Crippen molar-refractivity contribution in [2.75, 3.05) is 12.3 Å². The number of ether oxygens (including phenoxy) is 1. The van der Waals surface area contributed by atoms with Gasteiger partial charge in [-0.15, -0.1) is 11.3 Å². The predicted octanol–water partition coefficient (Wildman–Crippen LogP) is -1.95. The highest BCUT2D eigenvalue weighted by atomic mass is 32.1. The zero-order chi connectivity index (χ0) is 14.4. The summed E-state index contributed by atoms with van der Waals surface area (Å²) in [6.07, 6.45) is -4.77. The van der Waals surface area contributed by atoms with E-state index in [2.05, 4.69) is 9.97 Å². The van der Waals surface area contributed by atoms with E-state index in [-0.39, 0.29) is 5.82 Å². The number of aliphatic hydroxyl groups is 3. The molecule has 0 bridgehead atoms. The SMILES string of the molecule is Nc1nc(=O)n(C2OC(CO)C(O)C2O)c2scnc12. The molecule has 1 aliphatic heterocycles. The number of aromatic nitrogens is 3. The zero-order valence-corrected chi connectivity index (χ0v) is 10.9. The first kappa shape index (κ1) is 13.4. The largest absolute Gasteiger partial charge is 0.394 e. The molecule has 4 unspecified atom stereocenters. The Morgan fingerprint density at radius 1 is 1.45 bits per heavy atom. The molecule has 0 aromatic carbocycles. The highest BCUT2D eigenvalue weighted by Gasteiger charge is 2.44. The quantitative estimate of drug-likeness (QED) is 0.501. The predicted molar refractivity (Wildman–Crippen MR) is 69.1 cm³/mol. The Hall–Kier alpha value is -1.59. The summed E-state index contributed by atoms with van der Waals surface area (Å²) in [5, 5.41) is 28.8. The van der Waals surface area contributed by atoms with Gasteiger partial charge in [0.1, 0.15) is 28.7 Å². The van der Waals surface area contributed by atoms with Crippen molar-refractivity contribution in [2.24, 2.45) is 0 Å². The third-order valence-corrected chi connectivity index (χ3v) is 4.03. The van der Waals surface area contributed by atoms with Crippen molar-refractivity contribution in [3.05, 3.63) is 16.0 Å². The van der Waals surface area contributed by atoms with Gasteiger partial charge in [0, 0.05) is 0 Å². The van der Waals surface area contributed by atoms with Crippen LogP contribution in [0.4, 0.5) is 5.82 Å². The molecule has 2 aromatic rings. The average Bonchev–Trinajstić information content (AvgIpc) is 2.99. The second kappa shape index (κ2) is 4.75. The molecule has 3 heterocycles. The molecule has 3 rings (SSSR count). The summed E-state index contributed by atoms with van der Waals surface area (Å²) >= 11 is 1.14. The van der Waals surface area contributed by atoms with Crippen molar-refractivity contribution in [1.82, 2.24) is 14.5 Å². The molecular formula is C10H12N4O5S. The second-order valence-electron chi connectivity index (χ2n) is 4.38. The van der Waals surface area contributed by atoms with Crippen molar-refractivity contribution in [3.63, 3.8) is 0 Å². The number of aliphatic hydroxyl groups excluding tert-OH is 3. The molecule has 9 nitrogen and oxygen atoms in total. The van der Waals surface area contributed by atoms with Crippen molar-refractivity contribution in [1.29, 1.82) is 0 Å². The lowest BCUT2D eigenvalue weighted by Gasteiger charge is -2.17. The summed E-state index contributed by atoms with van der Waals surface area (Å²) in [5.74, 6) is -0.00533. The molecule has 0 radical (unpaired) electrons. The van der Waals surface area contributed by atoms with Crippen molar-refractivity contribution < 1.29 is 20.1 Å². The number of rotatable bonds is 2.